The van der Waals surface area contributed by atoms with E-state index in [1.807, 2.05) is 11.3 Å². The average molecular weight is 518 g/mol. The Morgan fingerprint density at radius 1 is 0.744 bits per heavy atom. The molecule has 3 heterocycles. The number of benzene rings is 5. The predicted octanol–water partition coefficient (Wildman–Crippen LogP) is 10.5. The molecule has 0 saturated carbocycles. The van der Waals surface area contributed by atoms with Gasteiger partial charge in [0.15, 0.2) is 0 Å². The minimum atomic E-state index is 0.326. The summed E-state index contributed by atoms with van der Waals surface area (Å²) in [7, 11) is 0. The van der Waals surface area contributed by atoms with Crippen molar-refractivity contribution in [2.75, 3.05) is 4.90 Å². The molecule has 9 rings (SSSR count). The van der Waals surface area contributed by atoms with E-state index >= 15 is 0 Å². The van der Waals surface area contributed by atoms with E-state index < -0.39 is 0 Å². The van der Waals surface area contributed by atoms with Crippen LogP contribution in [0.25, 0.3) is 58.8 Å². The largest absolute Gasteiger partial charge is 0.455 e. The molecule has 1 aliphatic carbocycles. The van der Waals surface area contributed by atoms with Crippen LogP contribution < -0.4 is 4.90 Å². The van der Waals surface area contributed by atoms with Crippen LogP contribution in [0.4, 0.5) is 11.4 Å². The van der Waals surface area contributed by atoms with Crippen molar-refractivity contribution in [3.63, 3.8) is 0 Å². The van der Waals surface area contributed by atoms with E-state index in [1.165, 1.54) is 64.6 Å². The van der Waals surface area contributed by atoms with E-state index in [2.05, 4.69) is 126 Å². The first kappa shape index (κ1) is 21.3. The summed E-state index contributed by atoms with van der Waals surface area (Å²) in [5.41, 5.74) is 9.70. The zero-order chi connectivity index (χ0) is 25.5. The number of anilines is 2. The van der Waals surface area contributed by atoms with Gasteiger partial charge in [0.05, 0.1) is 6.04 Å². The van der Waals surface area contributed by atoms with Crippen LogP contribution >= 0.6 is 11.3 Å². The second-order valence-corrected chi connectivity index (χ2v) is 11.5. The molecule has 1 aliphatic heterocycles. The minimum Gasteiger partial charge on any atom is -0.455 e. The lowest BCUT2D eigenvalue weighted by Crippen LogP contribution is -2.26. The Labute approximate surface area is 229 Å². The molecule has 2 aromatic heterocycles. The van der Waals surface area contributed by atoms with E-state index in [0.717, 1.165) is 17.6 Å². The number of para-hydroxylation sites is 2. The minimum absolute atomic E-state index is 0.326. The van der Waals surface area contributed by atoms with Gasteiger partial charge in [-0.3, -0.25) is 0 Å². The van der Waals surface area contributed by atoms with Gasteiger partial charge in [0.2, 0.25) is 0 Å². The molecule has 5 aromatic carbocycles. The highest BCUT2D eigenvalue weighted by Crippen LogP contribution is 2.51. The van der Waals surface area contributed by atoms with Crippen molar-refractivity contribution in [2.24, 2.45) is 0 Å². The molecule has 0 amide bonds. The van der Waals surface area contributed by atoms with Crippen LogP contribution in [0.2, 0.25) is 0 Å². The fourth-order valence-corrected chi connectivity index (χ4v) is 7.87. The van der Waals surface area contributed by atoms with Gasteiger partial charge in [-0.2, -0.15) is 0 Å². The summed E-state index contributed by atoms with van der Waals surface area (Å²) in [6.07, 6.45) is 7.80. The maximum Gasteiger partial charge on any atom is 0.144 e. The smallest absolute Gasteiger partial charge is 0.144 e. The fraction of sp³-hybridized carbons (Fsp3) is 0.0556. The van der Waals surface area contributed by atoms with Gasteiger partial charge < -0.3 is 9.32 Å². The molecule has 2 aliphatic rings. The lowest BCUT2D eigenvalue weighted by atomic mass is 9.94. The summed E-state index contributed by atoms with van der Waals surface area (Å²) in [4.78, 5) is 2.53. The first-order valence-corrected chi connectivity index (χ1v) is 14.3. The van der Waals surface area contributed by atoms with Crippen molar-refractivity contribution in [2.45, 2.75) is 12.5 Å². The van der Waals surface area contributed by atoms with Gasteiger partial charge in [0.25, 0.3) is 0 Å². The van der Waals surface area contributed by atoms with Crippen molar-refractivity contribution in [1.29, 1.82) is 0 Å². The summed E-state index contributed by atoms with van der Waals surface area (Å²) in [5.74, 6) is 0. The first-order valence-electron chi connectivity index (χ1n) is 13.5. The Balaban J connectivity index is 1.36. The summed E-state index contributed by atoms with van der Waals surface area (Å²) in [6, 6.07) is 37.7. The van der Waals surface area contributed by atoms with Crippen molar-refractivity contribution in [1.82, 2.24) is 0 Å². The number of nitrogens with zero attached hydrogens (tertiary/aromatic N) is 1. The quantitative estimate of drug-likeness (QED) is 0.227. The van der Waals surface area contributed by atoms with Gasteiger partial charge in [-0.15, -0.1) is 11.3 Å². The van der Waals surface area contributed by atoms with Gasteiger partial charge in [-0.25, -0.2) is 0 Å². The lowest BCUT2D eigenvalue weighted by molar-refractivity contribution is 0.673. The molecule has 1 unspecified atom stereocenters. The molecule has 0 radical (unpaired) electrons. The van der Waals surface area contributed by atoms with Crippen molar-refractivity contribution in [3.05, 3.63) is 127 Å². The highest BCUT2D eigenvalue weighted by Gasteiger charge is 2.35. The summed E-state index contributed by atoms with van der Waals surface area (Å²) in [5, 5.41) is 4.83. The van der Waals surface area contributed by atoms with E-state index in [-0.39, 0.29) is 0 Å². The molecule has 0 bridgehead atoms. The molecule has 2 nitrogen and oxygen atoms in total. The van der Waals surface area contributed by atoms with E-state index in [0.29, 0.717) is 6.04 Å². The van der Waals surface area contributed by atoms with E-state index in [9.17, 15) is 0 Å². The monoisotopic (exact) mass is 517 g/mol. The van der Waals surface area contributed by atoms with Crippen molar-refractivity contribution in [3.8, 4) is 11.1 Å². The van der Waals surface area contributed by atoms with Crippen LogP contribution in [0.3, 0.4) is 0 Å². The normalized spacial score (nSPS) is 16.4. The molecule has 184 valence electrons. The third kappa shape index (κ3) is 2.96. The molecule has 0 spiro atoms. The van der Waals surface area contributed by atoms with Gasteiger partial charge >= 0.3 is 0 Å². The Morgan fingerprint density at radius 3 is 2.49 bits per heavy atom. The Bertz CT molecular complexity index is 2160. The number of furan rings is 1. The second-order valence-electron chi connectivity index (χ2n) is 10.4. The predicted molar refractivity (Wildman–Crippen MR) is 166 cm³/mol. The SMILES string of the molecule is C1=CCC2C(=C1)c1ccc(-c3cc4c5ccccc5oc4c4c3sc3ccccc34)cc1N2c1ccccc1. The standard InChI is InChI=1S/C36H23NOS/c1-2-10-23(11-3-1)37-30-15-7-4-12-24(30)25-19-18-22(20-31(25)37)28-21-29-26-13-5-8-16-32(26)38-35(29)34-27-14-6-9-17-33(27)39-36(28)34/h1-14,16-21,30H,15H2. The Kier molecular flexibility index (Phi) is 4.35. The summed E-state index contributed by atoms with van der Waals surface area (Å²) in [6.45, 7) is 0. The molecular weight excluding hydrogens is 494 g/mol. The lowest BCUT2D eigenvalue weighted by Gasteiger charge is -2.28. The second kappa shape index (κ2) is 7.95. The Morgan fingerprint density at radius 2 is 1.56 bits per heavy atom. The average Bonchev–Trinajstić information content (AvgIpc) is 3.66. The van der Waals surface area contributed by atoms with Crippen molar-refractivity contribution < 1.29 is 4.42 Å². The maximum absolute atomic E-state index is 6.52. The molecule has 3 heteroatoms. The molecule has 0 N–H and O–H groups in total. The van der Waals surface area contributed by atoms with Gasteiger partial charge in [0.1, 0.15) is 11.2 Å². The zero-order valence-corrected chi connectivity index (χ0v) is 21.9. The van der Waals surface area contributed by atoms with Crippen LogP contribution in [-0.2, 0) is 0 Å². The van der Waals surface area contributed by atoms with Gasteiger partial charge in [0, 0.05) is 53.4 Å². The molecule has 0 saturated heterocycles. The third-order valence-electron chi connectivity index (χ3n) is 8.35. The number of fused-ring (bicyclic) bond motifs is 10. The van der Waals surface area contributed by atoms with E-state index in [4.69, 9.17) is 4.42 Å². The highest BCUT2D eigenvalue weighted by molar-refractivity contribution is 7.26. The molecule has 0 fully saturated rings. The fourth-order valence-electron chi connectivity index (χ4n) is 6.63. The number of thiophene rings is 1. The topological polar surface area (TPSA) is 16.4 Å². The number of hydrogen-bond acceptors (Lipinski definition) is 3. The van der Waals surface area contributed by atoms with Crippen LogP contribution in [0.5, 0.6) is 0 Å². The molecular formula is C36H23NOS. The zero-order valence-electron chi connectivity index (χ0n) is 21.1. The first-order chi connectivity index (χ1) is 19.3. The molecule has 1 atom stereocenters. The Hall–Kier alpha value is -4.60. The van der Waals surface area contributed by atoms with Crippen LogP contribution in [0.15, 0.2) is 126 Å². The number of hydrogen-bond donors (Lipinski definition) is 0. The molecule has 39 heavy (non-hydrogen) atoms. The van der Waals surface area contributed by atoms with Crippen LogP contribution in [-0.4, -0.2) is 6.04 Å². The van der Waals surface area contributed by atoms with Gasteiger partial charge in [-0.1, -0.05) is 85.0 Å². The number of allylic oxidation sites excluding steroid dienone is 2. The number of rotatable bonds is 2. The maximum atomic E-state index is 6.52. The molecule has 7 aromatic rings. The van der Waals surface area contributed by atoms with Crippen molar-refractivity contribution >= 4 is 70.4 Å². The third-order valence-corrected chi connectivity index (χ3v) is 9.55. The highest BCUT2D eigenvalue weighted by atomic mass is 32.1. The van der Waals surface area contributed by atoms with Crippen LogP contribution in [0, 0.1) is 0 Å². The summed E-state index contributed by atoms with van der Waals surface area (Å²) < 4.78 is 9.09. The van der Waals surface area contributed by atoms with E-state index in [1.54, 1.807) is 0 Å². The van der Waals surface area contributed by atoms with Gasteiger partial charge in [-0.05, 0) is 54.0 Å². The summed E-state index contributed by atoms with van der Waals surface area (Å²) >= 11 is 1.86. The van der Waals surface area contributed by atoms with Crippen LogP contribution in [0.1, 0.15) is 12.0 Å².